The third-order valence-electron chi connectivity index (χ3n) is 2.71. The highest BCUT2D eigenvalue weighted by Crippen LogP contribution is 2.21. The van der Waals surface area contributed by atoms with Crippen molar-refractivity contribution in [3.63, 3.8) is 0 Å². The van der Waals surface area contributed by atoms with Crippen molar-refractivity contribution in [3.8, 4) is 0 Å². The summed E-state index contributed by atoms with van der Waals surface area (Å²) in [6, 6.07) is 14.4. The van der Waals surface area contributed by atoms with Crippen LogP contribution in [0.15, 0.2) is 54.6 Å². The predicted molar refractivity (Wildman–Crippen MR) is 99.4 cm³/mol. The number of hydrogen-bond acceptors (Lipinski definition) is 3. The maximum Gasteiger partial charge on any atom is 0.250 e. The van der Waals surface area contributed by atoms with E-state index in [-0.39, 0.29) is 11.0 Å². The van der Waals surface area contributed by atoms with Gasteiger partial charge in [-0.05, 0) is 48.1 Å². The van der Waals surface area contributed by atoms with Gasteiger partial charge in [-0.15, -0.1) is 0 Å². The zero-order valence-electron chi connectivity index (χ0n) is 11.8. The van der Waals surface area contributed by atoms with E-state index in [2.05, 4.69) is 16.2 Å². The Hall–Kier alpha value is -2.08. The number of anilines is 1. The van der Waals surface area contributed by atoms with E-state index < -0.39 is 0 Å². The van der Waals surface area contributed by atoms with Crippen molar-refractivity contribution < 1.29 is 4.79 Å². The summed E-state index contributed by atoms with van der Waals surface area (Å²) in [7, 11) is 0. The molecule has 0 atom stereocenters. The molecule has 2 rings (SSSR count). The van der Waals surface area contributed by atoms with Crippen molar-refractivity contribution in [2.75, 3.05) is 5.43 Å². The zero-order chi connectivity index (χ0) is 16.7. The summed E-state index contributed by atoms with van der Waals surface area (Å²) in [5.74, 6) is -0.372. The van der Waals surface area contributed by atoms with Gasteiger partial charge in [0.1, 0.15) is 0 Å². The van der Waals surface area contributed by atoms with Gasteiger partial charge in [0.25, 0.3) is 0 Å². The standard InChI is InChI=1S/C16H13Cl2N3OS/c17-12-8-6-11(14(18)10-12)7-9-15(22)19-16(23)21-20-13-4-2-1-3-5-13/h1-10,20H,(H2,19,21,22,23)/b9-7+. The minimum absolute atomic E-state index is 0.158. The highest BCUT2D eigenvalue weighted by atomic mass is 35.5. The van der Waals surface area contributed by atoms with Crippen LogP contribution in [0.2, 0.25) is 10.0 Å². The Kier molecular flexibility index (Phi) is 6.40. The van der Waals surface area contributed by atoms with Gasteiger partial charge in [-0.2, -0.15) is 0 Å². The highest BCUT2D eigenvalue weighted by Gasteiger charge is 2.02. The molecule has 118 valence electrons. The third kappa shape index (κ3) is 5.90. The SMILES string of the molecule is O=C(/C=C/c1ccc(Cl)cc1Cl)NC(=S)NNc1ccccc1. The summed E-state index contributed by atoms with van der Waals surface area (Å²) in [5, 5.41) is 3.67. The second-order valence-corrected chi connectivity index (χ2v) is 5.69. The number of carbonyl (C=O) groups is 1. The summed E-state index contributed by atoms with van der Waals surface area (Å²) < 4.78 is 0. The molecule has 4 nitrogen and oxygen atoms in total. The maximum absolute atomic E-state index is 11.8. The van der Waals surface area contributed by atoms with Crippen molar-refractivity contribution in [2.24, 2.45) is 0 Å². The Bertz CT molecular complexity index is 735. The average molecular weight is 366 g/mol. The molecule has 0 aliphatic rings. The lowest BCUT2D eigenvalue weighted by Gasteiger charge is -2.10. The summed E-state index contributed by atoms with van der Waals surface area (Å²) in [4.78, 5) is 11.8. The molecule has 0 aliphatic carbocycles. The first-order valence-electron chi connectivity index (χ1n) is 6.60. The summed E-state index contributed by atoms with van der Waals surface area (Å²) in [6.07, 6.45) is 2.92. The topological polar surface area (TPSA) is 53.2 Å². The van der Waals surface area contributed by atoms with Crippen LogP contribution in [-0.4, -0.2) is 11.0 Å². The van der Waals surface area contributed by atoms with Crippen LogP contribution < -0.4 is 16.2 Å². The monoisotopic (exact) mass is 365 g/mol. The minimum atomic E-state index is -0.372. The van der Waals surface area contributed by atoms with Gasteiger partial charge in [-0.1, -0.05) is 47.5 Å². The van der Waals surface area contributed by atoms with E-state index in [9.17, 15) is 4.79 Å². The van der Waals surface area contributed by atoms with Gasteiger partial charge in [0.15, 0.2) is 5.11 Å². The third-order valence-corrected chi connectivity index (χ3v) is 3.47. The first-order chi connectivity index (χ1) is 11.0. The Morgan fingerprint density at radius 2 is 1.83 bits per heavy atom. The van der Waals surface area contributed by atoms with Crippen LogP contribution in [0.1, 0.15) is 5.56 Å². The molecule has 0 aromatic heterocycles. The Balaban J connectivity index is 1.84. The van der Waals surface area contributed by atoms with Gasteiger partial charge in [0, 0.05) is 16.1 Å². The number of hydrogen-bond donors (Lipinski definition) is 3. The normalized spacial score (nSPS) is 10.3. The number of hydrazine groups is 1. The van der Waals surface area contributed by atoms with E-state index in [1.165, 1.54) is 6.08 Å². The number of halogens is 2. The Labute approximate surface area is 149 Å². The molecule has 0 bridgehead atoms. The molecule has 0 heterocycles. The number of amides is 1. The van der Waals surface area contributed by atoms with Crippen molar-refractivity contribution >= 4 is 58.2 Å². The summed E-state index contributed by atoms with van der Waals surface area (Å²) in [6.45, 7) is 0. The van der Waals surface area contributed by atoms with Crippen LogP contribution in [0.5, 0.6) is 0 Å². The molecule has 0 saturated heterocycles. The smallest absolute Gasteiger partial charge is 0.250 e. The zero-order valence-corrected chi connectivity index (χ0v) is 14.2. The van der Waals surface area contributed by atoms with Crippen LogP contribution in [0.4, 0.5) is 5.69 Å². The quantitative estimate of drug-likeness (QED) is 0.435. The predicted octanol–water partition coefficient (Wildman–Crippen LogP) is 4.02. The van der Waals surface area contributed by atoms with Crippen LogP contribution in [0.25, 0.3) is 6.08 Å². The molecule has 3 N–H and O–H groups in total. The molecule has 0 fully saturated rings. The first kappa shape index (κ1) is 17.3. The fraction of sp³-hybridized carbons (Fsp3) is 0. The lowest BCUT2D eigenvalue weighted by atomic mass is 10.2. The number of para-hydroxylation sites is 1. The lowest BCUT2D eigenvalue weighted by Crippen LogP contribution is -2.41. The fourth-order valence-electron chi connectivity index (χ4n) is 1.64. The van der Waals surface area contributed by atoms with Gasteiger partial charge in [-0.3, -0.25) is 21.0 Å². The molecule has 2 aromatic carbocycles. The lowest BCUT2D eigenvalue weighted by molar-refractivity contribution is -0.115. The molecule has 23 heavy (non-hydrogen) atoms. The molecule has 0 aliphatic heterocycles. The van der Waals surface area contributed by atoms with Gasteiger partial charge < -0.3 is 0 Å². The second kappa shape index (κ2) is 8.53. The molecule has 1 amide bonds. The van der Waals surface area contributed by atoms with Crippen molar-refractivity contribution in [2.45, 2.75) is 0 Å². The number of benzene rings is 2. The van der Waals surface area contributed by atoms with Crippen LogP contribution >= 0.6 is 35.4 Å². The number of nitrogens with one attached hydrogen (secondary N) is 3. The van der Waals surface area contributed by atoms with E-state index in [0.717, 1.165) is 5.69 Å². The van der Waals surface area contributed by atoms with E-state index in [4.69, 9.17) is 35.4 Å². The van der Waals surface area contributed by atoms with E-state index in [1.807, 2.05) is 30.3 Å². The molecule has 0 unspecified atom stereocenters. The number of thiocarbonyl (C=S) groups is 1. The van der Waals surface area contributed by atoms with Gasteiger partial charge >= 0.3 is 0 Å². The summed E-state index contributed by atoms with van der Waals surface area (Å²) >= 11 is 16.9. The highest BCUT2D eigenvalue weighted by molar-refractivity contribution is 7.80. The van der Waals surface area contributed by atoms with E-state index >= 15 is 0 Å². The molecular weight excluding hydrogens is 353 g/mol. The first-order valence-corrected chi connectivity index (χ1v) is 7.76. The van der Waals surface area contributed by atoms with Gasteiger partial charge in [-0.25, -0.2) is 0 Å². The van der Waals surface area contributed by atoms with Crippen LogP contribution in [0.3, 0.4) is 0 Å². The number of carbonyl (C=O) groups excluding carboxylic acids is 1. The second-order valence-electron chi connectivity index (χ2n) is 4.43. The van der Waals surface area contributed by atoms with Gasteiger partial charge in [0.05, 0.1) is 5.69 Å². The molecule has 0 saturated carbocycles. The van der Waals surface area contributed by atoms with Crippen molar-refractivity contribution in [1.29, 1.82) is 0 Å². The Morgan fingerprint density at radius 3 is 2.52 bits per heavy atom. The van der Waals surface area contributed by atoms with E-state index in [0.29, 0.717) is 15.6 Å². The van der Waals surface area contributed by atoms with Crippen LogP contribution in [0, 0.1) is 0 Å². The fourth-order valence-corrected chi connectivity index (χ4v) is 2.26. The molecule has 0 radical (unpaired) electrons. The number of rotatable bonds is 4. The van der Waals surface area contributed by atoms with E-state index in [1.54, 1.807) is 24.3 Å². The molecule has 2 aromatic rings. The maximum atomic E-state index is 11.8. The molecular formula is C16H13Cl2N3OS. The van der Waals surface area contributed by atoms with Gasteiger partial charge in [0.2, 0.25) is 5.91 Å². The minimum Gasteiger partial charge on any atom is -0.299 e. The van der Waals surface area contributed by atoms with Crippen molar-refractivity contribution in [1.82, 2.24) is 10.7 Å². The van der Waals surface area contributed by atoms with Crippen molar-refractivity contribution in [3.05, 3.63) is 70.2 Å². The summed E-state index contributed by atoms with van der Waals surface area (Å²) in [5.41, 5.74) is 7.11. The average Bonchev–Trinajstić information content (AvgIpc) is 2.53. The molecule has 0 spiro atoms. The largest absolute Gasteiger partial charge is 0.299 e. The van der Waals surface area contributed by atoms with Crippen LogP contribution in [-0.2, 0) is 4.79 Å². The molecule has 7 heteroatoms. The Morgan fingerprint density at radius 1 is 1.09 bits per heavy atom.